The molecule has 0 aromatic carbocycles. The topological polar surface area (TPSA) is 12.0 Å². The van der Waals surface area contributed by atoms with Crippen molar-refractivity contribution in [2.75, 3.05) is 6.54 Å². The lowest BCUT2D eigenvalue weighted by Crippen LogP contribution is -3.00. The Bertz CT molecular complexity index is 222. The Labute approximate surface area is 91.0 Å². The van der Waals surface area contributed by atoms with Crippen LogP contribution in [0.4, 0.5) is 0 Å². The molecule has 1 rings (SSSR count). The lowest BCUT2D eigenvalue weighted by molar-refractivity contribution is -0.00000260. The molecule has 0 fully saturated rings. The Balaban J connectivity index is 0.00000144. The first-order chi connectivity index (χ1) is 5.84. The zero-order valence-corrected chi connectivity index (χ0v) is 9.84. The van der Waals surface area contributed by atoms with Crippen molar-refractivity contribution in [1.29, 1.82) is 0 Å². The number of rotatable bonds is 5. The number of aryl methyl sites for hydroxylation is 1. The zero-order chi connectivity index (χ0) is 8.81. The number of halogens is 1. The van der Waals surface area contributed by atoms with E-state index in [0.717, 1.165) is 13.1 Å². The predicted octanol–water partition coefficient (Wildman–Crippen LogP) is -0.0498. The van der Waals surface area contributed by atoms with E-state index in [0.29, 0.717) is 0 Å². The van der Waals surface area contributed by atoms with Crippen LogP contribution in [-0.4, -0.2) is 6.54 Å². The van der Waals surface area contributed by atoms with Crippen LogP contribution in [0.25, 0.3) is 0 Å². The number of thiophene rings is 1. The second kappa shape index (κ2) is 7.36. The van der Waals surface area contributed by atoms with E-state index in [2.05, 4.69) is 30.6 Å². The van der Waals surface area contributed by atoms with Gasteiger partial charge in [0.25, 0.3) is 0 Å². The van der Waals surface area contributed by atoms with Gasteiger partial charge in [0.05, 0.1) is 0 Å². The van der Waals surface area contributed by atoms with Crippen LogP contribution in [0.1, 0.15) is 30.2 Å². The van der Waals surface area contributed by atoms with Crippen molar-refractivity contribution >= 4 is 11.3 Å². The minimum Gasteiger partial charge on any atom is -1.00 e. The van der Waals surface area contributed by atoms with Crippen LogP contribution in [0.3, 0.4) is 0 Å². The van der Waals surface area contributed by atoms with Gasteiger partial charge in [-0.2, -0.15) is 0 Å². The first-order valence-corrected chi connectivity index (χ1v) is 5.46. The van der Waals surface area contributed by atoms with Gasteiger partial charge in [-0.05, 0) is 36.9 Å². The van der Waals surface area contributed by atoms with Crippen molar-refractivity contribution in [3.63, 3.8) is 0 Å². The highest BCUT2D eigenvalue weighted by atomic mass is 35.5. The van der Waals surface area contributed by atoms with Gasteiger partial charge in [-0.1, -0.05) is 13.3 Å². The first kappa shape index (κ1) is 12.9. The van der Waals surface area contributed by atoms with E-state index in [-0.39, 0.29) is 12.4 Å². The number of unbranched alkanes of at least 4 members (excludes halogenated alkanes) is 1. The highest BCUT2D eigenvalue weighted by Crippen LogP contribution is 2.14. The van der Waals surface area contributed by atoms with Gasteiger partial charge in [-0.25, -0.2) is 0 Å². The van der Waals surface area contributed by atoms with E-state index in [1.807, 2.05) is 11.3 Å². The normalized spacial score (nSPS) is 9.69. The quantitative estimate of drug-likeness (QED) is 0.684. The molecule has 0 aliphatic rings. The van der Waals surface area contributed by atoms with Crippen LogP contribution in [0, 0.1) is 6.92 Å². The Hall–Kier alpha value is -0.0500. The maximum atomic E-state index is 3.44. The fourth-order valence-corrected chi connectivity index (χ4v) is 1.96. The molecule has 76 valence electrons. The summed E-state index contributed by atoms with van der Waals surface area (Å²) in [4.78, 5) is 1.48. The van der Waals surface area contributed by atoms with E-state index in [1.165, 1.54) is 23.3 Å². The van der Waals surface area contributed by atoms with Crippen LogP contribution >= 0.6 is 11.3 Å². The monoisotopic (exact) mass is 218 g/mol. The average molecular weight is 219 g/mol. The lowest BCUT2D eigenvalue weighted by Gasteiger charge is -2.01. The van der Waals surface area contributed by atoms with E-state index in [1.54, 1.807) is 0 Å². The van der Waals surface area contributed by atoms with Crippen molar-refractivity contribution in [1.82, 2.24) is 5.32 Å². The summed E-state index contributed by atoms with van der Waals surface area (Å²) < 4.78 is 0. The maximum Gasteiger partial charge on any atom is 0.0302 e. The predicted molar refractivity (Wildman–Crippen MR) is 55.7 cm³/mol. The summed E-state index contributed by atoms with van der Waals surface area (Å²) in [5.41, 5.74) is 1.42. The van der Waals surface area contributed by atoms with Crippen LogP contribution in [-0.2, 0) is 6.54 Å². The lowest BCUT2D eigenvalue weighted by atomic mass is 10.3. The average Bonchev–Trinajstić information content (AvgIpc) is 2.46. The summed E-state index contributed by atoms with van der Waals surface area (Å²) in [6.07, 6.45) is 2.56. The summed E-state index contributed by atoms with van der Waals surface area (Å²) >= 11 is 1.85. The highest BCUT2D eigenvalue weighted by molar-refractivity contribution is 7.10. The third-order valence-electron chi connectivity index (χ3n) is 1.96. The Morgan fingerprint density at radius 1 is 1.46 bits per heavy atom. The van der Waals surface area contributed by atoms with Gasteiger partial charge in [-0.15, -0.1) is 11.3 Å². The second-order valence-electron chi connectivity index (χ2n) is 3.06. The number of hydrogen-bond donors (Lipinski definition) is 1. The van der Waals surface area contributed by atoms with E-state index in [4.69, 9.17) is 0 Å². The molecule has 1 N–H and O–H groups in total. The minimum atomic E-state index is 0. The second-order valence-corrected chi connectivity index (χ2v) is 4.06. The molecule has 0 spiro atoms. The molecule has 0 radical (unpaired) electrons. The molecule has 0 aliphatic heterocycles. The molecule has 3 heteroatoms. The van der Waals surface area contributed by atoms with Crippen molar-refractivity contribution < 1.29 is 12.4 Å². The van der Waals surface area contributed by atoms with E-state index in [9.17, 15) is 0 Å². The molecular weight excluding hydrogens is 202 g/mol. The van der Waals surface area contributed by atoms with Crippen LogP contribution in [0.15, 0.2) is 11.4 Å². The van der Waals surface area contributed by atoms with Crippen LogP contribution < -0.4 is 17.7 Å². The third kappa shape index (κ3) is 4.65. The van der Waals surface area contributed by atoms with Gasteiger partial charge in [0.1, 0.15) is 0 Å². The molecule has 0 bridgehead atoms. The number of nitrogens with one attached hydrogen (secondary N) is 1. The van der Waals surface area contributed by atoms with Gasteiger partial charge in [0.2, 0.25) is 0 Å². The molecule has 0 saturated heterocycles. The smallest absolute Gasteiger partial charge is 0.0302 e. The van der Waals surface area contributed by atoms with Gasteiger partial charge < -0.3 is 17.7 Å². The highest BCUT2D eigenvalue weighted by Gasteiger charge is 1.97. The molecule has 1 aromatic rings. The Morgan fingerprint density at radius 3 is 2.77 bits per heavy atom. The molecule has 0 unspecified atom stereocenters. The summed E-state index contributed by atoms with van der Waals surface area (Å²) in [6.45, 7) is 6.59. The minimum absolute atomic E-state index is 0. The summed E-state index contributed by atoms with van der Waals surface area (Å²) in [7, 11) is 0. The van der Waals surface area contributed by atoms with Crippen molar-refractivity contribution in [3.05, 3.63) is 21.9 Å². The molecule has 0 aliphatic carbocycles. The SMILES string of the molecule is CCCCNCc1sccc1C.[Cl-]. The van der Waals surface area contributed by atoms with E-state index >= 15 is 0 Å². The van der Waals surface area contributed by atoms with Gasteiger partial charge in [0.15, 0.2) is 0 Å². The summed E-state index contributed by atoms with van der Waals surface area (Å²) in [5, 5.41) is 5.60. The number of hydrogen-bond acceptors (Lipinski definition) is 2. The summed E-state index contributed by atoms with van der Waals surface area (Å²) in [5.74, 6) is 0. The van der Waals surface area contributed by atoms with Crippen LogP contribution in [0.5, 0.6) is 0 Å². The molecule has 13 heavy (non-hydrogen) atoms. The molecule has 0 atom stereocenters. The largest absolute Gasteiger partial charge is 1.00 e. The van der Waals surface area contributed by atoms with Gasteiger partial charge in [-0.3, -0.25) is 0 Å². The Morgan fingerprint density at radius 2 is 2.23 bits per heavy atom. The summed E-state index contributed by atoms with van der Waals surface area (Å²) in [6, 6.07) is 2.18. The fourth-order valence-electron chi connectivity index (χ4n) is 1.09. The third-order valence-corrected chi connectivity index (χ3v) is 2.98. The molecule has 1 nitrogen and oxygen atoms in total. The first-order valence-electron chi connectivity index (χ1n) is 4.58. The van der Waals surface area contributed by atoms with Crippen molar-refractivity contribution in [3.8, 4) is 0 Å². The van der Waals surface area contributed by atoms with Crippen LogP contribution in [0.2, 0.25) is 0 Å². The molecule has 1 heterocycles. The zero-order valence-electron chi connectivity index (χ0n) is 8.27. The fraction of sp³-hybridized carbons (Fsp3) is 0.600. The van der Waals surface area contributed by atoms with Crippen molar-refractivity contribution in [2.24, 2.45) is 0 Å². The molecule has 1 aromatic heterocycles. The van der Waals surface area contributed by atoms with Crippen molar-refractivity contribution in [2.45, 2.75) is 33.2 Å². The van der Waals surface area contributed by atoms with Gasteiger partial charge >= 0.3 is 0 Å². The van der Waals surface area contributed by atoms with E-state index < -0.39 is 0 Å². The maximum absolute atomic E-state index is 3.44. The Kier molecular flexibility index (Phi) is 7.33. The van der Waals surface area contributed by atoms with Gasteiger partial charge in [0, 0.05) is 11.4 Å². The molecular formula is C10H17ClNS-. The molecule has 0 saturated carbocycles. The standard InChI is InChI=1S/C10H17NS.ClH/c1-3-4-6-11-8-10-9(2)5-7-12-10;/h5,7,11H,3-4,6,8H2,1-2H3;1H/p-1. The molecule has 0 amide bonds.